The number of rotatable bonds is 2. The zero-order valence-electron chi connectivity index (χ0n) is 8.25. The summed E-state index contributed by atoms with van der Waals surface area (Å²) >= 11 is 0. The molecule has 1 N–H and O–H groups in total. The number of fused-ring (bicyclic) bond motifs is 1. The number of aromatic nitrogens is 3. The van der Waals surface area contributed by atoms with Crippen LogP contribution < -0.4 is 0 Å². The van der Waals surface area contributed by atoms with Gasteiger partial charge in [-0.1, -0.05) is 18.2 Å². The van der Waals surface area contributed by atoms with E-state index in [0.717, 1.165) is 10.9 Å². The van der Waals surface area contributed by atoms with E-state index < -0.39 is 6.10 Å². The standard InChI is InChI=1S/C11H8N3O2/c15-11(10-6-16-14-13-10)8-5-12-9-4-2-1-3-7(8)9/h1-6,11-12H. The van der Waals surface area contributed by atoms with Crippen LogP contribution in [-0.2, 0) is 5.11 Å². The number of hydrogen-bond donors (Lipinski definition) is 1. The highest BCUT2D eigenvalue weighted by molar-refractivity contribution is 5.83. The van der Waals surface area contributed by atoms with E-state index in [1.54, 1.807) is 6.20 Å². The first-order valence-corrected chi connectivity index (χ1v) is 4.85. The van der Waals surface area contributed by atoms with Crippen LogP contribution in [0.5, 0.6) is 0 Å². The van der Waals surface area contributed by atoms with Crippen LogP contribution in [0.15, 0.2) is 41.2 Å². The Hall–Kier alpha value is -2.14. The lowest BCUT2D eigenvalue weighted by Crippen LogP contribution is -1.97. The molecule has 5 heteroatoms. The van der Waals surface area contributed by atoms with Gasteiger partial charge in [0, 0.05) is 27.9 Å². The van der Waals surface area contributed by atoms with Gasteiger partial charge in [-0.05, 0) is 6.07 Å². The molecule has 0 spiro atoms. The molecule has 0 amide bonds. The smallest absolute Gasteiger partial charge is 0.167 e. The van der Waals surface area contributed by atoms with E-state index in [9.17, 15) is 5.11 Å². The number of para-hydroxylation sites is 1. The third kappa shape index (κ3) is 1.30. The largest absolute Gasteiger partial charge is 0.361 e. The molecule has 2 aromatic heterocycles. The third-order valence-electron chi connectivity index (χ3n) is 2.55. The van der Waals surface area contributed by atoms with E-state index in [1.165, 1.54) is 6.26 Å². The number of nitrogens with one attached hydrogen (secondary N) is 1. The Labute approximate surface area is 90.7 Å². The molecule has 79 valence electrons. The molecule has 3 rings (SSSR count). The lowest BCUT2D eigenvalue weighted by Gasteiger charge is -2.01. The molecule has 0 bridgehead atoms. The summed E-state index contributed by atoms with van der Waals surface area (Å²) < 4.78 is 4.57. The van der Waals surface area contributed by atoms with E-state index in [0.29, 0.717) is 11.3 Å². The topological polar surface area (TPSA) is 74.6 Å². The quantitative estimate of drug-likeness (QED) is 0.709. The molecule has 1 radical (unpaired) electrons. The number of H-pyrrole nitrogens is 1. The first-order valence-electron chi connectivity index (χ1n) is 4.85. The van der Waals surface area contributed by atoms with Crippen LogP contribution in [0, 0.1) is 0 Å². The second-order valence-corrected chi connectivity index (χ2v) is 3.50. The minimum Gasteiger partial charge on any atom is -0.361 e. The highest BCUT2D eigenvalue weighted by Gasteiger charge is 2.19. The van der Waals surface area contributed by atoms with Crippen molar-refractivity contribution in [1.29, 1.82) is 0 Å². The third-order valence-corrected chi connectivity index (χ3v) is 2.55. The van der Waals surface area contributed by atoms with E-state index in [2.05, 4.69) is 19.9 Å². The van der Waals surface area contributed by atoms with Gasteiger partial charge in [0.2, 0.25) is 0 Å². The summed E-state index contributed by atoms with van der Waals surface area (Å²) in [4.78, 5) is 3.05. The van der Waals surface area contributed by atoms with Crippen LogP contribution in [0.4, 0.5) is 0 Å². The predicted octanol–water partition coefficient (Wildman–Crippen LogP) is 2.07. The van der Waals surface area contributed by atoms with E-state index in [-0.39, 0.29) is 0 Å². The SMILES string of the molecule is [O]C(c1conn1)c1c[nH]c2ccccc12. The van der Waals surface area contributed by atoms with Gasteiger partial charge in [0.25, 0.3) is 0 Å². The normalized spacial score (nSPS) is 13.1. The first-order chi connectivity index (χ1) is 7.86. The second-order valence-electron chi connectivity index (χ2n) is 3.50. The van der Waals surface area contributed by atoms with E-state index in [4.69, 9.17) is 0 Å². The molecule has 1 aromatic carbocycles. The Balaban J connectivity index is 2.12. The molecule has 0 aliphatic heterocycles. The fraction of sp³-hybridized carbons (Fsp3) is 0.0909. The molecule has 5 nitrogen and oxygen atoms in total. The minimum atomic E-state index is -1.07. The number of nitrogens with zero attached hydrogens (tertiary/aromatic N) is 2. The van der Waals surface area contributed by atoms with Crippen LogP contribution in [0.2, 0.25) is 0 Å². The number of aromatic amines is 1. The van der Waals surface area contributed by atoms with E-state index in [1.807, 2.05) is 24.3 Å². The van der Waals surface area contributed by atoms with Crippen LogP contribution >= 0.6 is 0 Å². The fourth-order valence-corrected chi connectivity index (χ4v) is 1.76. The predicted molar refractivity (Wildman–Crippen MR) is 55.1 cm³/mol. The summed E-state index contributed by atoms with van der Waals surface area (Å²) in [5, 5.41) is 19.9. The van der Waals surface area contributed by atoms with Crippen LogP contribution in [0.1, 0.15) is 17.4 Å². The Morgan fingerprint density at radius 1 is 1.31 bits per heavy atom. The molecule has 16 heavy (non-hydrogen) atoms. The Kier molecular flexibility index (Phi) is 1.97. The Bertz CT molecular complexity index is 601. The zero-order valence-corrected chi connectivity index (χ0v) is 8.25. The molecule has 0 saturated heterocycles. The molecule has 0 aliphatic rings. The van der Waals surface area contributed by atoms with Crippen molar-refractivity contribution in [2.75, 3.05) is 0 Å². The second kappa shape index (κ2) is 3.46. The zero-order chi connectivity index (χ0) is 11.0. The maximum absolute atomic E-state index is 12.1. The number of benzene rings is 1. The maximum atomic E-state index is 12.1. The van der Waals surface area contributed by atoms with Crippen molar-refractivity contribution in [3.05, 3.63) is 48.0 Å². The van der Waals surface area contributed by atoms with Gasteiger partial charge in [0.1, 0.15) is 5.69 Å². The van der Waals surface area contributed by atoms with Crippen LogP contribution in [-0.4, -0.2) is 15.4 Å². The first kappa shape index (κ1) is 9.11. The summed E-state index contributed by atoms with van der Waals surface area (Å²) in [5.41, 5.74) is 1.89. The van der Waals surface area contributed by atoms with Gasteiger partial charge >= 0.3 is 0 Å². The summed E-state index contributed by atoms with van der Waals surface area (Å²) in [6, 6.07) is 7.64. The summed E-state index contributed by atoms with van der Waals surface area (Å²) in [5.74, 6) is 0. The molecule has 2 heterocycles. The highest BCUT2D eigenvalue weighted by atomic mass is 16.5. The van der Waals surface area contributed by atoms with Crippen molar-refractivity contribution in [3.8, 4) is 0 Å². The molecule has 0 saturated carbocycles. The molecule has 3 aromatic rings. The molecular weight excluding hydrogens is 206 g/mol. The van der Waals surface area contributed by atoms with Crippen molar-refractivity contribution in [2.24, 2.45) is 0 Å². The Morgan fingerprint density at radius 3 is 3.00 bits per heavy atom. The summed E-state index contributed by atoms with van der Waals surface area (Å²) in [6.45, 7) is 0. The molecule has 1 atom stereocenters. The molecule has 0 fully saturated rings. The van der Waals surface area contributed by atoms with E-state index >= 15 is 0 Å². The molecular formula is C11H8N3O2. The maximum Gasteiger partial charge on any atom is 0.167 e. The van der Waals surface area contributed by atoms with Gasteiger partial charge in [-0.15, -0.1) is 5.10 Å². The van der Waals surface area contributed by atoms with Crippen molar-refractivity contribution in [1.82, 2.24) is 15.4 Å². The van der Waals surface area contributed by atoms with Crippen molar-refractivity contribution in [3.63, 3.8) is 0 Å². The van der Waals surface area contributed by atoms with Gasteiger partial charge in [-0.3, -0.25) is 0 Å². The van der Waals surface area contributed by atoms with Gasteiger partial charge in [0.15, 0.2) is 12.4 Å². The van der Waals surface area contributed by atoms with Crippen LogP contribution in [0.25, 0.3) is 10.9 Å². The van der Waals surface area contributed by atoms with Crippen molar-refractivity contribution in [2.45, 2.75) is 6.10 Å². The van der Waals surface area contributed by atoms with Crippen molar-refractivity contribution >= 4 is 10.9 Å². The Morgan fingerprint density at radius 2 is 2.19 bits per heavy atom. The average Bonchev–Trinajstić information content (AvgIpc) is 2.98. The van der Waals surface area contributed by atoms with Gasteiger partial charge < -0.3 is 9.51 Å². The summed E-state index contributed by atoms with van der Waals surface area (Å²) in [7, 11) is 0. The van der Waals surface area contributed by atoms with Gasteiger partial charge in [-0.2, -0.15) is 0 Å². The molecule has 1 unspecified atom stereocenters. The lowest BCUT2D eigenvalue weighted by molar-refractivity contribution is 0.122. The van der Waals surface area contributed by atoms with Gasteiger partial charge in [0.05, 0.1) is 0 Å². The molecule has 0 aliphatic carbocycles. The average molecular weight is 214 g/mol. The lowest BCUT2D eigenvalue weighted by atomic mass is 10.1. The highest BCUT2D eigenvalue weighted by Crippen LogP contribution is 2.27. The minimum absolute atomic E-state index is 0.296. The summed E-state index contributed by atoms with van der Waals surface area (Å²) in [6.07, 6.45) is 1.92. The van der Waals surface area contributed by atoms with Crippen LogP contribution in [0.3, 0.4) is 0 Å². The number of hydrogen-bond acceptors (Lipinski definition) is 3. The fourth-order valence-electron chi connectivity index (χ4n) is 1.76. The van der Waals surface area contributed by atoms with Gasteiger partial charge in [-0.25, -0.2) is 5.11 Å². The van der Waals surface area contributed by atoms with Crippen molar-refractivity contribution < 1.29 is 9.63 Å². The monoisotopic (exact) mass is 214 g/mol.